The van der Waals surface area contributed by atoms with E-state index in [0.29, 0.717) is 12.4 Å². The Labute approximate surface area is 146 Å². The summed E-state index contributed by atoms with van der Waals surface area (Å²) in [6.07, 6.45) is 0.265. The number of rotatable bonds is 4. The Morgan fingerprint density at radius 1 is 1.24 bits per heavy atom. The largest absolute Gasteiger partial charge is 0.497 e. The molecule has 1 atom stereocenters. The number of nitrogens with zero attached hydrogens (tertiary/aromatic N) is 2. The van der Waals surface area contributed by atoms with E-state index in [2.05, 4.69) is 15.6 Å². The van der Waals surface area contributed by atoms with Gasteiger partial charge in [-0.1, -0.05) is 6.07 Å². The molecule has 1 saturated heterocycles. The van der Waals surface area contributed by atoms with E-state index in [0.717, 1.165) is 17.1 Å². The first-order valence-corrected chi connectivity index (χ1v) is 8.01. The van der Waals surface area contributed by atoms with Gasteiger partial charge in [0.05, 0.1) is 13.2 Å². The van der Waals surface area contributed by atoms with Crippen LogP contribution < -0.4 is 20.3 Å². The third kappa shape index (κ3) is 4.06. The molecule has 7 nitrogen and oxygen atoms in total. The van der Waals surface area contributed by atoms with Gasteiger partial charge in [-0.15, -0.1) is 0 Å². The number of hydrogen-bond donors (Lipinski definition) is 2. The molecule has 3 rings (SSSR count). The maximum atomic E-state index is 12.2. The second kappa shape index (κ2) is 7.21. The van der Waals surface area contributed by atoms with Gasteiger partial charge in [-0.3, -0.25) is 10.1 Å². The molecule has 2 aromatic rings. The highest BCUT2D eigenvalue weighted by Crippen LogP contribution is 2.24. The SMILES string of the molecule is COc1ccc(N2CC(NC(=O)Nc3cccc(C)n3)CC2=O)cc1. The molecule has 0 radical (unpaired) electrons. The van der Waals surface area contributed by atoms with Crippen LogP contribution in [0.5, 0.6) is 5.75 Å². The maximum Gasteiger partial charge on any atom is 0.320 e. The van der Waals surface area contributed by atoms with E-state index in [1.54, 1.807) is 30.2 Å². The summed E-state index contributed by atoms with van der Waals surface area (Å²) < 4.78 is 5.12. The fourth-order valence-corrected chi connectivity index (χ4v) is 2.77. The number of aromatic nitrogens is 1. The van der Waals surface area contributed by atoms with Crippen molar-refractivity contribution in [3.05, 3.63) is 48.2 Å². The van der Waals surface area contributed by atoms with Crippen LogP contribution in [0.3, 0.4) is 0 Å². The Morgan fingerprint density at radius 3 is 2.68 bits per heavy atom. The Kier molecular flexibility index (Phi) is 4.83. The molecule has 1 aromatic carbocycles. The van der Waals surface area contributed by atoms with Gasteiger partial charge in [-0.2, -0.15) is 0 Å². The molecule has 0 saturated carbocycles. The van der Waals surface area contributed by atoms with Crippen LogP contribution in [0.2, 0.25) is 0 Å². The van der Waals surface area contributed by atoms with Gasteiger partial charge in [-0.05, 0) is 43.3 Å². The number of carbonyl (C=O) groups is 2. The third-order valence-corrected chi connectivity index (χ3v) is 3.97. The summed E-state index contributed by atoms with van der Waals surface area (Å²) in [6.45, 7) is 2.28. The molecule has 0 aliphatic carbocycles. The molecule has 130 valence electrons. The first-order valence-electron chi connectivity index (χ1n) is 8.01. The highest BCUT2D eigenvalue weighted by atomic mass is 16.5. The number of urea groups is 1. The van der Waals surface area contributed by atoms with Crippen LogP contribution in [0.25, 0.3) is 0 Å². The molecule has 0 bridgehead atoms. The van der Waals surface area contributed by atoms with E-state index in [1.165, 1.54) is 0 Å². The molecular formula is C18H20N4O3. The maximum absolute atomic E-state index is 12.2. The first-order chi connectivity index (χ1) is 12.0. The number of anilines is 2. The van der Waals surface area contributed by atoms with Crippen molar-refractivity contribution in [2.75, 3.05) is 23.9 Å². The molecular weight excluding hydrogens is 320 g/mol. The van der Waals surface area contributed by atoms with Crippen molar-refractivity contribution in [1.29, 1.82) is 0 Å². The second-order valence-corrected chi connectivity index (χ2v) is 5.87. The van der Waals surface area contributed by atoms with Crippen molar-refractivity contribution in [2.45, 2.75) is 19.4 Å². The van der Waals surface area contributed by atoms with E-state index in [4.69, 9.17) is 4.74 Å². The molecule has 2 heterocycles. The highest BCUT2D eigenvalue weighted by molar-refractivity contribution is 5.97. The molecule has 1 fully saturated rings. The number of pyridine rings is 1. The van der Waals surface area contributed by atoms with Crippen molar-refractivity contribution < 1.29 is 14.3 Å². The van der Waals surface area contributed by atoms with Crippen molar-refractivity contribution >= 4 is 23.4 Å². The van der Waals surface area contributed by atoms with E-state index in [9.17, 15) is 9.59 Å². The number of carbonyl (C=O) groups excluding carboxylic acids is 2. The Morgan fingerprint density at radius 2 is 2.00 bits per heavy atom. The number of nitrogens with one attached hydrogen (secondary N) is 2. The number of benzene rings is 1. The smallest absolute Gasteiger partial charge is 0.320 e. The van der Waals surface area contributed by atoms with Gasteiger partial charge in [0.25, 0.3) is 0 Å². The van der Waals surface area contributed by atoms with Crippen LogP contribution in [-0.4, -0.2) is 36.6 Å². The zero-order valence-corrected chi connectivity index (χ0v) is 14.2. The molecule has 1 unspecified atom stereocenters. The number of aryl methyl sites for hydroxylation is 1. The monoisotopic (exact) mass is 340 g/mol. The second-order valence-electron chi connectivity index (χ2n) is 5.87. The van der Waals surface area contributed by atoms with Gasteiger partial charge in [0.2, 0.25) is 5.91 Å². The van der Waals surface area contributed by atoms with Crippen LogP contribution >= 0.6 is 0 Å². The summed E-state index contributed by atoms with van der Waals surface area (Å²) in [6, 6.07) is 12.0. The number of ether oxygens (including phenoxy) is 1. The van der Waals surface area contributed by atoms with Crippen molar-refractivity contribution in [3.8, 4) is 5.75 Å². The lowest BCUT2D eigenvalue weighted by Gasteiger charge is -2.17. The van der Waals surface area contributed by atoms with Crippen LogP contribution in [0.15, 0.2) is 42.5 Å². The van der Waals surface area contributed by atoms with E-state index >= 15 is 0 Å². The topological polar surface area (TPSA) is 83.6 Å². The molecule has 7 heteroatoms. The fourth-order valence-electron chi connectivity index (χ4n) is 2.77. The summed E-state index contributed by atoms with van der Waals surface area (Å²) >= 11 is 0. The lowest BCUT2D eigenvalue weighted by Crippen LogP contribution is -2.39. The molecule has 0 spiro atoms. The zero-order chi connectivity index (χ0) is 17.8. The lowest BCUT2D eigenvalue weighted by molar-refractivity contribution is -0.117. The summed E-state index contributed by atoms with van der Waals surface area (Å²) in [7, 11) is 1.59. The fraction of sp³-hybridized carbons (Fsp3) is 0.278. The summed E-state index contributed by atoms with van der Waals surface area (Å²) in [5.74, 6) is 1.19. The molecule has 1 aliphatic rings. The van der Waals surface area contributed by atoms with Crippen molar-refractivity contribution in [3.63, 3.8) is 0 Å². The van der Waals surface area contributed by atoms with Gasteiger partial charge >= 0.3 is 6.03 Å². The summed E-state index contributed by atoms with van der Waals surface area (Å²) in [5, 5.41) is 5.51. The summed E-state index contributed by atoms with van der Waals surface area (Å²) in [5.41, 5.74) is 1.61. The quantitative estimate of drug-likeness (QED) is 0.895. The Hall–Kier alpha value is -3.09. The van der Waals surface area contributed by atoms with E-state index < -0.39 is 0 Å². The Balaban J connectivity index is 1.59. The van der Waals surface area contributed by atoms with E-state index in [-0.39, 0.29) is 24.4 Å². The first kappa shape index (κ1) is 16.8. The number of hydrogen-bond acceptors (Lipinski definition) is 4. The Bertz CT molecular complexity index is 776. The minimum atomic E-state index is -0.368. The van der Waals surface area contributed by atoms with Gasteiger partial charge in [0.1, 0.15) is 11.6 Å². The van der Waals surface area contributed by atoms with Gasteiger partial charge in [-0.25, -0.2) is 9.78 Å². The minimum Gasteiger partial charge on any atom is -0.497 e. The molecule has 1 aliphatic heterocycles. The lowest BCUT2D eigenvalue weighted by atomic mass is 10.2. The van der Waals surface area contributed by atoms with Crippen LogP contribution in [0.1, 0.15) is 12.1 Å². The zero-order valence-electron chi connectivity index (χ0n) is 14.2. The third-order valence-electron chi connectivity index (χ3n) is 3.97. The van der Waals surface area contributed by atoms with Crippen molar-refractivity contribution in [1.82, 2.24) is 10.3 Å². The molecule has 25 heavy (non-hydrogen) atoms. The average molecular weight is 340 g/mol. The summed E-state index contributed by atoms with van der Waals surface area (Å²) in [4.78, 5) is 30.2. The predicted molar refractivity (Wildman–Crippen MR) is 94.9 cm³/mol. The predicted octanol–water partition coefficient (Wildman–Crippen LogP) is 2.33. The standard InChI is InChI=1S/C18H20N4O3/c1-12-4-3-5-16(19-12)21-18(24)20-13-10-17(23)22(11-13)14-6-8-15(25-2)9-7-14/h3-9,13H,10-11H2,1-2H3,(H2,19,20,21,24). The highest BCUT2D eigenvalue weighted by Gasteiger charge is 2.31. The molecule has 2 N–H and O–H groups in total. The molecule has 1 aromatic heterocycles. The van der Waals surface area contributed by atoms with E-state index in [1.807, 2.05) is 31.2 Å². The van der Waals surface area contributed by atoms with Crippen LogP contribution in [0, 0.1) is 6.92 Å². The van der Waals surface area contributed by atoms with Crippen LogP contribution in [-0.2, 0) is 4.79 Å². The normalized spacial score (nSPS) is 16.6. The van der Waals surface area contributed by atoms with Gasteiger partial charge < -0.3 is 15.0 Å². The minimum absolute atomic E-state index is 0.0239. The van der Waals surface area contributed by atoms with Gasteiger partial charge in [0, 0.05) is 24.3 Å². The number of amides is 3. The van der Waals surface area contributed by atoms with Crippen molar-refractivity contribution in [2.24, 2.45) is 0 Å². The average Bonchev–Trinajstić information content (AvgIpc) is 2.95. The van der Waals surface area contributed by atoms with Gasteiger partial charge in [0.15, 0.2) is 0 Å². The van der Waals surface area contributed by atoms with Crippen LogP contribution in [0.4, 0.5) is 16.3 Å². The molecule has 3 amide bonds. The number of methoxy groups -OCH3 is 1.